The first-order chi connectivity index (χ1) is 7.76. The van der Waals surface area contributed by atoms with E-state index in [2.05, 4.69) is 10.6 Å². The lowest BCUT2D eigenvalue weighted by molar-refractivity contribution is -0.120. The summed E-state index contributed by atoms with van der Waals surface area (Å²) in [5.41, 5.74) is 0.960. The molecule has 4 nitrogen and oxygen atoms in total. The SMILES string of the molecule is CNCCNC(=O)Cc1cccc(OC)c1.Cl. The van der Waals surface area contributed by atoms with Gasteiger partial charge in [0.1, 0.15) is 5.75 Å². The molecule has 1 amide bonds. The average molecular weight is 259 g/mol. The number of amides is 1. The molecular weight excluding hydrogens is 240 g/mol. The maximum atomic E-state index is 11.5. The van der Waals surface area contributed by atoms with Crippen molar-refractivity contribution in [1.82, 2.24) is 10.6 Å². The zero-order valence-electron chi connectivity index (χ0n) is 10.2. The highest BCUT2D eigenvalue weighted by molar-refractivity contribution is 5.85. The van der Waals surface area contributed by atoms with Gasteiger partial charge in [-0.2, -0.15) is 0 Å². The highest BCUT2D eigenvalue weighted by Crippen LogP contribution is 2.12. The van der Waals surface area contributed by atoms with E-state index >= 15 is 0 Å². The molecule has 0 unspecified atom stereocenters. The van der Waals surface area contributed by atoms with Crippen LogP contribution in [0.3, 0.4) is 0 Å². The van der Waals surface area contributed by atoms with Crippen molar-refractivity contribution in [2.75, 3.05) is 27.2 Å². The third-order valence-corrected chi connectivity index (χ3v) is 2.20. The summed E-state index contributed by atoms with van der Waals surface area (Å²) in [6, 6.07) is 7.54. The molecule has 1 aromatic rings. The Hall–Kier alpha value is -1.26. The molecule has 0 spiro atoms. The number of carbonyl (C=O) groups excluding carboxylic acids is 1. The molecule has 5 heteroatoms. The molecule has 0 aliphatic rings. The Balaban J connectivity index is 0.00000256. The summed E-state index contributed by atoms with van der Waals surface area (Å²) in [6.45, 7) is 1.43. The number of likely N-dealkylation sites (N-methyl/N-ethyl adjacent to an activating group) is 1. The summed E-state index contributed by atoms with van der Waals surface area (Å²) in [6.07, 6.45) is 0.390. The first kappa shape index (κ1) is 15.7. The van der Waals surface area contributed by atoms with Gasteiger partial charge in [0.2, 0.25) is 5.91 Å². The Labute approximate surface area is 108 Å². The second kappa shape index (κ2) is 8.84. The third-order valence-electron chi connectivity index (χ3n) is 2.20. The van der Waals surface area contributed by atoms with Gasteiger partial charge in [-0.25, -0.2) is 0 Å². The number of benzene rings is 1. The summed E-state index contributed by atoms with van der Waals surface area (Å²) in [5, 5.41) is 5.80. The number of halogens is 1. The number of ether oxygens (including phenoxy) is 1. The van der Waals surface area contributed by atoms with Crippen LogP contribution in [0.5, 0.6) is 5.75 Å². The second-order valence-electron chi connectivity index (χ2n) is 3.48. The number of nitrogens with one attached hydrogen (secondary N) is 2. The summed E-state index contributed by atoms with van der Waals surface area (Å²) in [4.78, 5) is 11.5. The Morgan fingerprint density at radius 3 is 2.76 bits per heavy atom. The molecule has 0 saturated carbocycles. The Morgan fingerprint density at radius 1 is 1.35 bits per heavy atom. The lowest BCUT2D eigenvalue weighted by atomic mass is 10.1. The first-order valence-electron chi connectivity index (χ1n) is 5.30. The van der Waals surface area contributed by atoms with E-state index in [1.807, 2.05) is 31.3 Å². The van der Waals surface area contributed by atoms with Gasteiger partial charge >= 0.3 is 0 Å². The maximum absolute atomic E-state index is 11.5. The zero-order valence-corrected chi connectivity index (χ0v) is 11.0. The normalized spacial score (nSPS) is 9.29. The lowest BCUT2D eigenvalue weighted by Crippen LogP contribution is -2.31. The Kier molecular flexibility index (Phi) is 8.19. The zero-order chi connectivity index (χ0) is 11.8. The molecule has 1 rings (SSSR count). The van der Waals surface area contributed by atoms with Gasteiger partial charge in [-0.15, -0.1) is 12.4 Å². The molecule has 2 N–H and O–H groups in total. The molecule has 0 aliphatic heterocycles. The predicted octanol–water partition coefficient (Wildman–Crippen LogP) is 0.995. The summed E-state index contributed by atoms with van der Waals surface area (Å²) in [5.74, 6) is 0.809. The van der Waals surface area contributed by atoms with E-state index in [0.717, 1.165) is 17.9 Å². The van der Waals surface area contributed by atoms with Gasteiger partial charge in [0, 0.05) is 13.1 Å². The van der Waals surface area contributed by atoms with Crippen LogP contribution in [0, 0.1) is 0 Å². The van der Waals surface area contributed by atoms with Gasteiger partial charge in [-0.3, -0.25) is 4.79 Å². The first-order valence-corrected chi connectivity index (χ1v) is 5.30. The molecule has 0 aliphatic carbocycles. The molecule has 0 fully saturated rings. The standard InChI is InChI=1S/C12H18N2O2.ClH/c1-13-6-7-14-12(15)9-10-4-3-5-11(8-10)16-2;/h3-5,8,13H,6-7,9H2,1-2H3,(H,14,15);1H. The second-order valence-corrected chi connectivity index (χ2v) is 3.48. The predicted molar refractivity (Wildman–Crippen MR) is 70.9 cm³/mol. The van der Waals surface area contributed by atoms with Crippen LogP contribution in [-0.4, -0.2) is 33.2 Å². The van der Waals surface area contributed by atoms with E-state index in [4.69, 9.17) is 4.74 Å². The number of hydrogen-bond donors (Lipinski definition) is 2. The van der Waals surface area contributed by atoms with Crippen molar-refractivity contribution >= 4 is 18.3 Å². The van der Waals surface area contributed by atoms with Crippen LogP contribution in [0.4, 0.5) is 0 Å². The lowest BCUT2D eigenvalue weighted by Gasteiger charge is -2.06. The highest BCUT2D eigenvalue weighted by atomic mass is 35.5. The van der Waals surface area contributed by atoms with Gasteiger partial charge in [0.05, 0.1) is 13.5 Å². The molecule has 0 radical (unpaired) electrons. The fraction of sp³-hybridized carbons (Fsp3) is 0.417. The minimum atomic E-state index is 0. The van der Waals surface area contributed by atoms with Crippen LogP contribution < -0.4 is 15.4 Å². The molecule has 0 aromatic heterocycles. The topological polar surface area (TPSA) is 50.4 Å². The van der Waals surface area contributed by atoms with Gasteiger partial charge in [0.25, 0.3) is 0 Å². The van der Waals surface area contributed by atoms with Crippen LogP contribution in [0.25, 0.3) is 0 Å². The van der Waals surface area contributed by atoms with E-state index in [1.54, 1.807) is 7.11 Å². The van der Waals surface area contributed by atoms with Crippen molar-refractivity contribution in [2.24, 2.45) is 0 Å². The average Bonchev–Trinajstić information content (AvgIpc) is 2.29. The van der Waals surface area contributed by atoms with Gasteiger partial charge in [-0.05, 0) is 24.7 Å². The molecule has 96 valence electrons. The third kappa shape index (κ3) is 6.14. The van der Waals surface area contributed by atoms with Crippen molar-refractivity contribution in [3.63, 3.8) is 0 Å². The number of hydrogen-bond acceptors (Lipinski definition) is 3. The summed E-state index contributed by atoms with van der Waals surface area (Å²) < 4.78 is 5.09. The van der Waals surface area contributed by atoms with Crippen molar-refractivity contribution in [1.29, 1.82) is 0 Å². The van der Waals surface area contributed by atoms with E-state index in [-0.39, 0.29) is 18.3 Å². The van der Waals surface area contributed by atoms with Crippen molar-refractivity contribution in [2.45, 2.75) is 6.42 Å². The van der Waals surface area contributed by atoms with E-state index in [9.17, 15) is 4.79 Å². The number of carbonyl (C=O) groups is 1. The molecule has 1 aromatic carbocycles. The fourth-order valence-corrected chi connectivity index (χ4v) is 1.36. The van der Waals surface area contributed by atoms with Crippen molar-refractivity contribution < 1.29 is 9.53 Å². The number of methoxy groups -OCH3 is 1. The van der Waals surface area contributed by atoms with Crippen LogP contribution in [-0.2, 0) is 11.2 Å². The van der Waals surface area contributed by atoms with E-state index < -0.39 is 0 Å². The van der Waals surface area contributed by atoms with Gasteiger partial charge < -0.3 is 15.4 Å². The largest absolute Gasteiger partial charge is 0.497 e. The monoisotopic (exact) mass is 258 g/mol. The quantitative estimate of drug-likeness (QED) is 0.749. The molecular formula is C12H19ClN2O2. The summed E-state index contributed by atoms with van der Waals surface area (Å²) in [7, 11) is 3.47. The van der Waals surface area contributed by atoms with Crippen LogP contribution >= 0.6 is 12.4 Å². The maximum Gasteiger partial charge on any atom is 0.224 e. The minimum Gasteiger partial charge on any atom is -0.497 e. The number of rotatable bonds is 6. The van der Waals surface area contributed by atoms with E-state index in [1.165, 1.54) is 0 Å². The highest BCUT2D eigenvalue weighted by Gasteiger charge is 2.03. The minimum absolute atomic E-state index is 0. The van der Waals surface area contributed by atoms with Crippen molar-refractivity contribution in [3.8, 4) is 5.75 Å². The Bertz CT molecular complexity index is 345. The van der Waals surface area contributed by atoms with E-state index in [0.29, 0.717) is 13.0 Å². The Morgan fingerprint density at radius 2 is 2.12 bits per heavy atom. The van der Waals surface area contributed by atoms with Crippen LogP contribution in [0.15, 0.2) is 24.3 Å². The van der Waals surface area contributed by atoms with Gasteiger partial charge in [0.15, 0.2) is 0 Å². The molecule has 17 heavy (non-hydrogen) atoms. The smallest absolute Gasteiger partial charge is 0.224 e. The molecule has 0 saturated heterocycles. The fourth-order valence-electron chi connectivity index (χ4n) is 1.36. The van der Waals surface area contributed by atoms with Crippen LogP contribution in [0.2, 0.25) is 0 Å². The van der Waals surface area contributed by atoms with Crippen LogP contribution in [0.1, 0.15) is 5.56 Å². The molecule has 0 heterocycles. The van der Waals surface area contributed by atoms with Crippen molar-refractivity contribution in [3.05, 3.63) is 29.8 Å². The molecule has 0 bridgehead atoms. The van der Waals surface area contributed by atoms with Gasteiger partial charge in [-0.1, -0.05) is 12.1 Å². The molecule has 0 atom stereocenters. The summed E-state index contributed by atoms with van der Waals surface area (Å²) >= 11 is 0.